The largest absolute Gasteiger partial charge is 0.325 e. The lowest BCUT2D eigenvalue weighted by atomic mass is 9.92. The first kappa shape index (κ1) is 16.6. The molecule has 1 aromatic carbocycles. The maximum atomic E-state index is 12.1. The van der Waals surface area contributed by atoms with Crippen LogP contribution in [-0.2, 0) is 4.79 Å². The van der Waals surface area contributed by atoms with Gasteiger partial charge in [0, 0.05) is 15.8 Å². The number of hydrogen-bond donors (Lipinski definition) is 1. The van der Waals surface area contributed by atoms with E-state index in [0.29, 0.717) is 6.42 Å². The van der Waals surface area contributed by atoms with Gasteiger partial charge in [-0.3, -0.25) is 4.79 Å². The van der Waals surface area contributed by atoms with Gasteiger partial charge in [0.2, 0.25) is 5.91 Å². The van der Waals surface area contributed by atoms with Gasteiger partial charge >= 0.3 is 0 Å². The molecule has 1 rings (SSSR count). The van der Waals surface area contributed by atoms with Gasteiger partial charge < -0.3 is 5.32 Å². The van der Waals surface area contributed by atoms with E-state index in [2.05, 4.69) is 55.0 Å². The quantitative estimate of drug-likeness (QED) is 0.757. The van der Waals surface area contributed by atoms with Crippen molar-refractivity contribution < 1.29 is 4.79 Å². The van der Waals surface area contributed by atoms with Crippen molar-refractivity contribution in [2.45, 2.75) is 45.9 Å². The number of carbonyl (C=O) groups is 1. The second-order valence-electron chi connectivity index (χ2n) is 5.81. The summed E-state index contributed by atoms with van der Waals surface area (Å²) in [6, 6.07) is 4.10. The van der Waals surface area contributed by atoms with Crippen LogP contribution in [0.4, 0.5) is 5.69 Å². The van der Waals surface area contributed by atoms with Crippen LogP contribution in [0.15, 0.2) is 21.5 Å². The van der Waals surface area contributed by atoms with Crippen LogP contribution in [0.3, 0.4) is 0 Å². The number of anilines is 1. The summed E-state index contributed by atoms with van der Waals surface area (Å²) >= 11 is 5.25. The summed E-state index contributed by atoms with van der Waals surface area (Å²) in [5.74, 6) is 1.06. The fourth-order valence-electron chi connectivity index (χ4n) is 1.81. The van der Waals surface area contributed by atoms with Gasteiger partial charge in [0.1, 0.15) is 0 Å². The molecule has 0 spiro atoms. The summed E-state index contributed by atoms with van der Waals surface area (Å²) in [4.78, 5) is 13.2. The first-order valence-electron chi connectivity index (χ1n) is 6.45. The Morgan fingerprint density at radius 3 is 2.53 bits per heavy atom. The fraction of sp³-hybridized carbons (Fsp3) is 0.533. The number of thioether (sulfide) groups is 1. The molecule has 0 aliphatic rings. The molecule has 0 atom stereocenters. The van der Waals surface area contributed by atoms with Crippen LogP contribution in [0.25, 0.3) is 0 Å². The highest BCUT2D eigenvalue weighted by atomic mass is 79.9. The van der Waals surface area contributed by atoms with E-state index in [4.69, 9.17) is 0 Å². The van der Waals surface area contributed by atoms with Crippen molar-refractivity contribution >= 4 is 39.3 Å². The second-order valence-corrected chi connectivity index (χ2v) is 8.04. The number of nitrogens with one attached hydrogen (secondary N) is 1. The normalized spacial score (nSPS) is 11.5. The summed E-state index contributed by atoms with van der Waals surface area (Å²) in [7, 11) is 0. The molecule has 0 aliphatic heterocycles. The molecule has 1 amide bonds. The van der Waals surface area contributed by atoms with Crippen molar-refractivity contribution in [3.63, 3.8) is 0 Å². The number of hydrogen-bond acceptors (Lipinski definition) is 2. The minimum absolute atomic E-state index is 0.00537. The topological polar surface area (TPSA) is 29.1 Å². The maximum absolute atomic E-state index is 12.1. The van der Waals surface area contributed by atoms with Crippen LogP contribution in [0.1, 0.15) is 39.7 Å². The molecule has 4 heteroatoms. The summed E-state index contributed by atoms with van der Waals surface area (Å²) in [5.41, 5.74) is 2.04. The first-order valence-corrected chi connectivity index (χ1v) is 8.23. The predicted molar refractivity (Wildman–Crippen MR) is 88.0 cm³/mol. The van der Waals surface area contributed by atoms with Crippen molar-refractivity contribution in [1.82, 2.24) is 0 Å². The number of carbonyl (C=O) groups excluding carboxylic acids is 1. The van der Waals surface area contributed by atoms with E-state index >= 15 is 0 Å². The van der Waals surface area contributed by atoms with Crippen molar-refractivity contribution in [2.75, 3.05) is 11.1 Å². The van der Waals surface area contributed by atoms with E-state index < -0.39 is 0 Å². The summed E-state index contributed by atoms with van der Waals surface area (Å²) < 4.78 is 1.05. The van der Waals surface area contributed by atoms with E-state index in [9.17, 15) is 4.79 Å². The van der Waals surface area contributed by atoms with E-state index in [1.165, 1.54) is 0 Å². The van der Waals surface area contributed by atoms with Gasteiger partial charge in [0.05, 0.1) is 5.69 Å². The highest BCUT2D eigenvalue weighted by Crippen LogP contribution is 2.34. The monoisotopic (exact) mass is 343 g/mol. The molecule has 0 unspecified atom stereocenters. The number of halogens is 1. The zero-order valence-electron chi connectivity index (χ0n) is 12.3. The Kier molecular flexibility index (Phi) is 5.93. The molecule has 0 saturated heterocycles. The smallest absolute Gasteiger partial charge is 0.224 e. The Bertz CT molecular complexity index is 466. The van der Waals surface area contributed by atoms with Gasteiger partial charge in [-0.15, -0.1) is 11.8 Å². The lowest BCUT2D eigenvalue weighted by Crippen LogP contribution is -2.20. The third-order valence-electron chi connectivity index (χ3n) is 2.52. The zero-order valence-corrected chi connectivity index (χ0v) is 14.7. The zero-order chi connectivity index (χ0) is 14.6. The molecule has 0 aliphatic carbocycles. The predicted octanol–water partition coefficient (Wildman–Crippen LogP) is 5.24. The molecule has 1 N–H and O–H groups in total. The van der Waals surface area contributed by atoms with Gasteiger partial charge in [-0.25, -0.2) is 0 Å². The standard InChI is InChI=1S/C15H22BrNOS/c1-6-19-12-8-11(16)7-10(2)14(12)17-13(18)9-15(3,4)5/h7-8H,6,9H2,1-5H3,(H,17,18). The molecule has 1 aromatic rings. The molecule has 19 heavy (non-hydrogen) atoms. The van der Waals surface area contributed by atoms with Crippen LogP contribution in [0, 0.1) is 12.3 Å². The molecule has 0 radical (unpaired) electrons. The molecule has 0 saturated carbocycles. The SMILES string of the molecule is CCSc1cc(Br)cc(C)c1NC(=O)CC(C)(C)C. The molecular weight excluding hydrogens is 322 g/mol. The highest BCUT2D eigenvalue weighted by Gasteiger charge is 2.18. The molecular formula is C15H22BrNOS. The van der Waals surface area contributed by atoms with Gasteiger partial charge in [-0.1, -0.05) is 43.6 Å². The van der Waals surface area contributed by atoms with Crippen molar-refractivity contribution in [3.8, 4) is 0 Å². The third-order valence-corrected chi connectivity index (χ3v) is 3.90. The molecule has 106 valence electrons. The Labute approximate surface area is 128 Å². The van der Waals surface area contributed by atoms with E-state index in [-0.39, 0.29) is 11.3 Å². The summed E-state index contributed by atoms with van der Waals surface area (Å²) in [6.07, 6.45) is 0.527. The van der Waals surface area contributed by atoms with Crippen LogP contribution < -0.4 is 5.32 Å². The van der Waals surface area contributed by atoms with Crippen LogP contribution in [-0.4, -0.2) is 11.7 Å². The minimum atomic E-state index is 0.00537. The molecule has 0 bridgehead atoms. The Balaban J connectivity index is 2.96. The number of rotatable bonds is 4. The van der Waals surface area contributed by atoms with Gasteiger partial charge in [-0.2, -0.15) is 0 Å². The van der Waals surface area contributed by atoms with Crippen molar-refractivity contribution in [2.24, 2.45) is 5.41 Å². The van der Waals surface area contributed by atoms with Crippen molar-refractivity contribution in [1.29, 1.82) is 0 Å². The Morgan fingerprint density at radius 1 is 1.37 bits per heavy atom. The average Bonchev–Trinajstić information content (AvgIpc) is 2.21. The van der Waals surface area contributed by atoms with Gasteiger partial charge in [0.15, 0.2) is 0 Å². The number of aryl methyl sites for hydroxylation is 1. The van der Waals surface area contributed by atoms with Crippen LogP contribution in [0.2, 0.25) is 0 Å². The molecule has 2 nitrogen and oxygen atoms in total. The summed E-state index contributed by atoms with van der Waals surface area (Å²) in [5, 5.41) is 3.07. The van der Waals surface area contributed by atoms with E-state index in [1.807, 2.05) is 13.0 Å². The van der Waals surface area contributed by atoms with E-state index in [1.54, 1.807) is 11.8 Å². The van der Waals surface area contributed by atoms with E-state index in [0.717, 1.165) is 26.4 Å². The number of benzene rings is 1. The summed E-state index contributed by atoms with van der Waals surface area (Å²) in [6.45, 7) is 10.4. The highest BCUT2D eigenvalue weighted by molar-refractivity contribution is 9.10. The average molecular weight is 344 g/mol. The Hall–Kier alpha value is -0.480. The Morgan fingerprint density at radius 2 is 2.00 bits per heavy atom. The number of amides is 1. The van der Waals surface area contributed by atoms with Crippen molar-refractivity contribution in [3.05, 3.63) is 22.2 Å². The van der Waals surface area contributed by atoms with Crippen LogP contribution in [0.5, 0.6) is 0 Å². The molecule has 0 heterocycles. The van der Waals surface area contributed by atoms with Gasteiger partial charge in [-0.05, 0) is 35.8 Å². The molecule has 0 fully saturated rings. The lowest BCUT2D eigenvalue weighted by molar-refractivity contribution is -0.117. The molecule has 0 aromatic heterocycles. The first-order chi connectivity index (χ1) is 8.73. The third kappa shape index (κ3) is 5.57. The fourth-order valence-corrected chi connectivity index (χ4v) is 3.41. The van der Waals surface area contributed by atoms with Gasteiger partial charge in [0.25, 0.3) is 0 Å². The minimum Gasteiger partial charge on any atom is -0.325 e. The van der Waals surface area contributed by atoms with Crippen LogP contribution >= 0.6 is 27.7 Å². The second kappa shape index (κ2) is 6.80. The maximum Gasteiger partial charge on any atom is 0.224 e. The lowest BCUT2D eigenvalue weighted by Gasteiger charge is -2.19.